The molecule has 0 saturated carbocycles. The van der Waals surface area contributed by atoms with Crippen LogP contribution in [0.15, 0.2) is 54.6 Å². The highest BCUT2D eigenvalue weighted by atomic mass is 16.5. The third kappa shape index (κ3) is 3.09. The van der Waals surface area contributed by atoms with Crippen molar-refractivity contribution in [3.05, 3.63) is 65.7 Å². The van der Waals surface area contributed by atoms with Crippen molar-refractivity contribution in [3.8, 4) is 6.07 Å². The molecule has 1 fully saturated rings. The normalized spacial score (nSPS) is 21.5. The lowest BCUT2D eigenvalue weighted by molar-refractivity contribution is -0.141. The molecule has 2 atom stereocenters. The van der Waals surface area contributed by atoms with Gasteiger partial charge in [-0.3, -0.25) is 9.69 Å². The summed E-state index contributed by atoms with van der Waals surface area (Å²) in [7, 11) is 3.14. The van der Waals surface area contributed by atoms with Crippen LogP contribution < -0.4 is 4.90 Å². The Morgan fingerprint density at radius 2 is 1.82 bits per heavy atom. The molecule has 1 aliphatic heterocycles. The average Bonchev–Trinajstić information content (AvgIpc) is 2.93. The molecule has 0 aromatic heterocycles. The second kappa shape index (κ2) is 7.73. The minimum atomic E-state index is -0.680. The first-order chi connectivity index (χ1) is 13.5. The second-order valence-corrected chi connectivity index (χ2v) is 6.91. The molecule has 3 rings (SSSR count). The van der Waals surface area contributed by atoms with Crippen LogP contribution in [0.25, 0.3) is 0 Å². The Morgan fingerprint density at radius 1 is 1.18 bits per heavy atom. The Balaban J connectivity index is 2.07. The van der Waals surface area contributed by atoms with Gasteiger partial charge in [0.05, 0.1) is 30.3 Å². The lowest BCUT2D eigenvalue weighted by Gasteiger charge is -2.39. The Morgan fingerprint density at radius 3 is 2.39 bits per heavy atom. The van der Waals surface area contributed by atoms with Gasteiger partial charge in [0, 0.05) is 19.2 Å². The van der Waals surface area contributed by atoms with E-state index in [-0.39, 0.29) is 24.5 Å². The van der Waals surface area contributed by atoms with Crippen molar-refractivity contribution in [2.24, 2.45) is 0 Å². The number of rotatable bonds is 5. The van der Waals surface area contributed by atoms with Gasteiger partial charge in [-0.25, -0.2) is 4.79 Å². The Kier molecular flexibility index (Phi) is 5.36. The summed E-state index contributed by atoms with van der Waals surface area (Å²) < 4.78 is 4.84. The lowest BCUT2D eigenvalue weighted by atomic mass is 9.79. The fourth-order valence-corrected chi connectivity index (χ4v) is 4.10. The Bertz CT molecular complexity index is 905. The molecule has 0 spiro atoms. The average molecular weight is 377 g/mol. The summed E-state index contributed by atoms with van der Waals surface area (Å²) in [5.74, 6) is -0.305. The number of hydrogen-bond acceptors (Lipinski definition) is 4. The van der Waals surface area contributed by atoms with Crippen LogP contribution >= 0.6 is 0 Å². The monoisotopic (exact) mass is 377 g/mol. The number of hydrogen-bond donors (Lipinski definition) is 0. The smallest absolute Gasteiger partial charge is 0.325 e. The van der Waals surface area contributed by atoms with Gasteiger partial charge in [-0.15, -0.1) is 0 Å². The van der Waals surface area contributed by atoms with Gasteiger partial charge in [0.1, 0.15) is 0 Å². The molecule has 2 aromatic rings. The first kappa shape index (κ1) is 19.4. The lowest BCUT2D eigenvalue weighted by Crippen LogP contribution is -2.47. The number of benzene rings is 2. The summed E-state index contributed by atoms with van der Waals surface area (Å²) in [6.45, 7) is 1.99. The highest BCUT2D eigenvalue weighted by molar-refractivity contribution is 5.96. The molecule has 0 bridgehead atoms. The number of methoxy groups -OCH3 is 1. The number of ether oxygens (including phenoxy) is 1. The summed E-state index contributed by atoms with van der Waals surface area (Å²) in [5, 5.41) is 9.03. The van der Waals surface area contributed by atoms with E-state index in [2.05, 4.69) is 6.07 Å². The van der Waals surface area contributed by atoms with E-state index in [9.17, 15) is 9.59 Å². The van der Waals surface area contributed by atoms with E-state index in [1.54, 1.807) is 41.1 Å². The molecule has 1 aliphatic rings. The summed E-state index contributed by atoms with van der Waals surface area (Å²) >= 11 is 0. The summed E-state index contributed by atoms with van der Waals surface area (Å²) in [6, 6.07) is 18.4. The molecule has 0 radical (unpaired) electrons. The van der Waals surface area contributed by atoms with E-state index in [1.165, 1.54) is 7.11 Å². The van der Waals surface area contributed by atoms with Gasteiger partial charge in [0.15, 0.2) is 0 Å². The molecule has 1 saturated heterocycles. The first-order valence-corrected chi connectivity index (χ1v) is 9.15. The molecule has 6 heteroatoms. The zero-order valence-corrected chi connectivity index (χ0v) is 16.3. The summed E-state index contributed by atoms with van der Waals surface area (Å²) in [4.78, 5) is 28.6. The van der Waals surface area contributed by atoms with Gasteiger partial charge in [-0.2, -0.15) is 5.26 Å². The topological polar surface area (TPSA) is 73.6 Å². The fraction of sp³-hybridized carbons (Fsp3) is 0.318. The predicted molar refractivity (Wildman–Crippen MR) is 106 cm³/mol. The number of carbonyl (C=O) groups excluding carboxylic acids is 2. The largest absolute Gasteiger partial charge is 0.469 e. The molecule has 0 aliphatic carbocycles. The number of esters is 1. The number of carbonyl (C=O) groups is 2. The number of urea groups is 1. The standard InChI is InChI=1S/C22H23N3O3/c1-16-22(14-13-20(26)28-3,18-7-5-4-6-8-18)24(2)21(27)25(16)19-11-9-17(15-23)10-12-19/h4-12,16H,13-14H2,1-3H3. The molecule has 2 amide bonds. The number of likely N-dealkylation sites (N-methyl/N-ethyl adjacent to an activating group) is 1. The fourth-order valence-electron chi connectivity index (χ4n) is 4.10. The Hall–Kier alpha value is -3.33. The van der Waals surface area contributed by atoms with Crippen LogP contribution in [0.2, 0.25) is 0 Å². The Labute approximate surface area is 164 Å². The highest BCUT2D eigenvalue weighted by Crippen LogP contribution is 2.45. The maximum absolute atomic E-state index is 13.2. The zero-order valence-electron chi connectivity index (χ0n) is 16.3. The SMILES string of the molecule is COC(=O)CCC1(c2ccccc2)C(C)N(c2ccc(C#N)cc2)C(=O)N1C. The van der Waals surface area contributed by atoms with Crippen molar-refractivity contribution in [1.82, 2.24) is 4.90 Å². The van der Waals surface area contributed by atoms with Gasteiger partial charge in [0.25, 0.3) is 0 Å². The van der Waals surface area contributed by atoms with Crippen molar-refractivity contribution < 1.29 is 14.3 Å². The van der Waals surface area contributed by atoms with Crippen LogP contribution in [0.3, 0.4) is 0 Å². The number of nitrogens with zero attached hydrogens (tertiary/aromatic N) is 3. The van der Waals surface area contributed by atoms with Crippen molar-refractivity contribution in [3.63, 3.8) is 0 Å². The van der Waals surface area contributed by atoms with Gasteiger partial charge < -0.3 is 9.64 Å². The number of nitriles is 1. The van der Waals surface area contributed by atoms with Crippen molar-refractivity contribution in [2.75, 3.05) is 19.1 Å². The molecule has 2 aromatic carbocycles. The molecular weight excluding hydrogens is 354 g/mol. The maximum atomic E-state index is 13.2. The van der Waals surface area contributed by atoms with Crippen LogP contribution in [-0.4, -0.2) is 37.1 Å². The van der Waals surface area contributed by atoms with Crippen LogP contribution in [0, 0.1) is 11.3 Å². The van der Waals surface area contributed by atoms with E-state index >= 15 is 0 Å². The van der Waals surface area contributed by atoms with Gasteiger partial charge in [-0.1, -0.05) is 30.3 Å². The van der Waals surface area contributed by atoms with E-state index in [0.717, 1.165) is 11.3 Å². The highest BCUT2D eigenvalue weighted by Gasteiger charge is 2.54. The number of amides is 2. The van der Waals surface area contributed by atoms with Gasteiger partial charge >= 0.3 is 12.0 Å². The predicted octanol–water partition coefficient (Wildman–Crippen LogP) is 3.67. The second-order valence-electron chi connectivity index (χ2n) is 6.91. The molecule has 28 heavy (non-hydrogen) atoms. The van der Waals surface area contributed by atoms with Gasteiger partial charge in [0.2, 0.25) is 0 Å². The molecule has 0 N–H and O–H groups in total. The van der Waals surface area contributed by atoms with Crippen LogP contribution in [0.1, 0.15) is 30.9 Å². The number of anilines is 1. The molecule has 2 unspecified atom stereocenters. The molecular formula is C22H23N3O3. The van der Waals surface area contributed by atoms with Crippen molar-refractivity contribution >= 4 is 17.7 Å². The quantitative estimate of drug-likeness (QED) is 0.745. The van der Waals surface area contributed by atoms with E-state index < -0.39 is 5.54 Å². The molecule has 6 nitrogen and oxygen atoms in total. The zero-order chi connectivity index (χ0) is 20.3. The molecule has 144 valence electrons. The summed E-state index contributed by atoms with van der Waals surface area (Å²) in [6.07, 6.45) is 0.647. The van der Waals surface area contributed by atoms with E-state index in [4.69, 9.17) is 10.00 Å². The minimum Gasteiger partial charge on any atom is -0.469 e. The van der Waals surface area contributed by atoms with Crippen LogP contribution in [0.5, 0.6) is 0 Å². The maximum Gasteiger partial charge on any atom is 0.325 e. The van der Waals surface area contributed by atoms with E-state index in [1.807, 2.05) is 37.3 Å². The van der Waals surface area contributed by atoms with Crippen LogP contribution in [0.4, 0.5) is 10.5 Å². The minimum absolute atomic E-state index is 0.147. The van der Waals surface area contributed by atoms with Crippen molar-refractivity contribution in [2.45, 2.75) is 31.3 Å². The first-order valence-electron chi connectivity index (χ1n) is 9.15. The molecule has 1 heterocycles. The third-order valence-corrected chi connectivity index (χ3v) is 5.66. The summed E-state index contributed by atoms with van der Waals surface area (Å²) in [5.41, 5.74) is 1.55. The van der Waals surface area contributed by atoms with Crippen LogP contribution in [-0.2, 0) is 15.1 Å². The van der Waals surface area contributed by atoms with Crippen molar-refractivity contribution in [1.29, 1.82) is 5.26 Å². The third-order valence-electron chi connectivity index (χ3n) is 5.66. The van der Waals surface area contributed by atoms with Gasteiger partial charge in [-0.05, 0) is 43.2 Å². The van der Waals surface area contributed by atoms with E-state index in [0.29, 0.717) is 12.0 Å².